The molecule has 13 heavy (non-hydrogen) atoms. The number of rotatable bonds is 0. The predicted octanol–water partition coefficient (Wildman–Crippen LogP) is 2.58. The van der Waals surface area contributed by atoms with Crippen molar-refractivity contribution in [2.75, 3.05) is 0 Å². The number of hydrogen-bond donors (Lipinski definition) is 1. The maximum absolute atomic E-state index is 10.1. The summed E-state index contributed by atoms with van der Waals surface area (Å²) in [5.74, 6) is 1.76. The minimum Gasteiger partial charge on any atom is -0.393 e. The Kier molecular flexibility index (Phi) is 1.36. The van der Waals surface area contributed by atoms with E-state index in [-0.39, 0.29) is 11.5 Å². The second-order valence-electron chi connectivity index (χ2n) is 5.96. The van der Waals surface area contributed by atoms with E-state index in [1.807, 2.05) is 0 Å². The minimum atomic E-state index is -0.00667. The molecule has 0 aromatic carbocycles. The van der Waals surface area contributed by atoms with Gasteiger partial charge in [0.2, 0.25) is 0 Å². The van der Waals surface area contributed by atoms with E-state index in [1.165, 1.54) is 25.7 Å². The van der Waals surface area contributed by atoms with Crippen molar-refractivity contribution in [2.24, 2.45) is 22.7 Å². The van der Waals surface area contributed by atoms with Crippen molar-refractivity contribution in [3.63, 3.8) is 0 Å². The van der Waals surface area contributed by atoms with E-state index >= 15 is 0 Å². The summed E-state index contributed by atoms with van der Waals surface area (Å²) in [6.45, 7) is 4.79. The Balaban J connectivity index is 2.09. The second-order valence-corrected chi connectivity index (χ2v) is 5.96. The maximum atomic E-state index is 10.1. The molecule has 0 saturated heterocycles. The minimum absolute atomic E-state index is 0.00667. The van der Waals surface area contributed by atoms with Crippen LogP contribution in [0.15, 0.2) is 0 Å². The molecule has 0 aliphatic heterocycles. The molecule has 1 heteroatoms. The summed E-state index contributed by atoms with van der Waals surface area (Å²) in [6.07, 6.45) is 6.54. The topological polar surface area (TPSA) is 20.2 Å². The molecular weight excluding hydrogens is 160 g/mol. The van der Waals surface area contributed by atoms with Crippen molar-refractivity contribution in [3.8, 4) is 0 Å². The highest BCUT2D eigenvalue weighted by atomic mass is 16.3. The van der Waals surface area contributed by atoms with Gasteiger partial charge in [-0.2, -0.15) is 0 Å². The van der Waals surface area contributed by atoms with Gasteiger partial charge >= 0.3 is 0 Å². The molecule has 3 aliphatic rings. The molecular formula is C12H20O. The van der Waals surface area contributed by atoms with E-state index in [0.717, 1.165) is 18.3 Å². The molecule has 0 aromatic heterocycles. The van der Waals surface area contributed by atoms with Gasteiger partial charge in [0, 0.05) is 5.41 Å². The summed E-state index contributed by atoms with van der Waals surface area (Å²) in [4.78, 5) is 0. The lowest BCUT2D eigenvalue weighted by Gasteiger charge is -2.46. The largest absolute Gasteiger partial charge is 0.393 e. The summed E-state index contributed by atoms with van der Waals surface area (Å²) in [7, 11) is 0. The third kappa shape index (κ3) is 0.674. The van der Waals surface area contributed by atoms with Crippen LogP contribution in [0, 0.1) is 22.7 Å². The molecule has 3 rings (SSSR count). The first kappa shape index (κ1) is 8.28. The zero-order valence-electron chi connectivity index (χ0n) is 8.71. The molecule has 0 amide bonds. The molecule has 2 bridgehead atoms. The Hall–Kier alpha value is -0.0400. The lowest BCUT2D eigenvalue weighted by Crippen LogP contribution is -2.44. The average molecular weight is 180 g/mol. The fourth-order valence-electron chi connectivity index (χ4n) is 4.87. The van der Waals surface area contributed by atoms with Gasteiger partial charge in [-0.25, -0.2) is 0 Å². The van der Waals surface area contributed by atoms with Crippen LogP contribution in [0.4, 0.5) is 0 Å². The highest BCUT2D eigenvalue weighted by Gasteiger charge is 2.67. The average Bonchev–Trinajstić information content (AvgIpc) is 2.70. The lowest BCUT2D eigenvalue weighted by atomic mass is 9.59. The van der Waals surface area contributed by atoms with E-state index in [2.05, 4.69) is 13.8 Å². The number of fused-ring (bicyclic) bond motifs is 5. The summed E-state index contributed by atoms with van der Waals surface area (Å²) in [5, 5.41) is 10.1. The molecule has 5 atom stereocenters. The van der Waals surface area contributed by atoms with Gasteiger partial charge in [0.25, 0.3) is 0 Å². The summed E-state index contributed by atoms with van der Waals surface area (Å²) in [5.41, 5.74) is 0.755. The maximum Gasteiger partial charge on any atom is 0.0602 e. The number of aliphatic hydroxyl groups excluding tert-OH is 1. The zero-order valence-corrected chi connectivity index (χ0v) is 8.71. The van der Waals surface area contributed by atoms with Crippen LogP contribution in [-0.4, -0.2) is 11.2 Å². The highest BCUT2D eigenvalue weighted by Crippen LogP contribution is 2.72. The molecule has 3 saturated carbocycles. The molecule has 3 fully saturated rings. The molecule has 0 radical (unpaired) electrons. The van der Waals surface area contributed by atoms with Crippen molar-refractivity contribution in [2.45, 2.75) is 52.1 Å². The fourth-order valence-corrected chi connectivity index (χ4v) is 4.87. The summed E-state index contributed by atoms with van der Waals surface area (Å²) >= 11 is 0. The molecule has 0 unspecified atom stereocenters. The Morgan fingerprint density at radius 1 is 1.08 bits per heavy atom. The van der Waals surface area contributed by atoms with Crippen molar-refractivity contribution in [1.29, 1.82) is 0 Å². The van der Waals surface area contributed by atoms with Crippen LogP contribution in [0.25, 0.3) is 0 Å². The Morgan fingerprint density at radius 3 is 2.46 bits per heavy atom. The molecule has 1 nitrogen and oxygen atoms in total. The van der Waals surface area contributed by atoms with Crippen LogP contribution < -0.4 is 0 Å². The Labute approximate surface area is 80.5 Å². The Bertz CT molecular complexity index is 250. The van der Waals surface area contributed by atoms with Gasteiger partial charge in [-0.3, -0.25) is 0 Å². The molecule has 0 spiro atoms. The van der Waals surface area contributed by atoms with E-state index < -0.39 is 0 Å². The first-order valence-corrected chi connectivity index (χ1v) is 5.77. The van der Waals surface area contributed by atoms with Gasteiger partial charge in [-0.05, 0) is 49.4 Å². The lowest BCUT2D eigenvalue weighted by molar-refractivity contribution is -0.0447. The van der Waals surface area contributed by atoms with E-state index in [1.54, 1.807) is 0 Å². The van der Waals surface area contributed by atoms with E-state index in [4.69, 9.17) is 0 Å². The summed E-state index contributed by atoms with van der Waals surface area (Å²) in [6, 6.07) is 0. The van der Waals surface area contributed by atoms with Gasteiger partial charge in [-0.15, -0.1) is 0 Å². The SMILES string of the molecule is C[C@]12[C@@H]3CC[C@@H](C3)[C@@]1(C)CC[C@@H]2O. The van der Waals surface area contributed by atoms with Crippen LogP contribution >= 0.6 is 0 Å². The zero-order chi connectivity index (χ0) is 9.27. The third-order valence-electron chi connectivity index (χ3n) is 6.04. The Morgan fingerprint density at radius 2 is 1.77 bits per heavy atom. The number of hydrogen-bond acceptors (Lipinski definition) is 1. The van der Waals surface area contributed by atoms with Gasteiger partial charge in [0.05, 0.1) is 6.10 Å². The highest BCUT2D eigenvalue weighted by molar-refractivity contribution is 5.16. The quantitative estimate of drug-likeness (QED) is 0.607. The van der Waals surface area contributed by atoms with Crippen molar-refractivity contribution in [1.82, 2.24) is 0 Å². The van der Waals surface area contributed by atoms with Crippen molar-refractivity contribution >= 4 is 0 Å². The molecule has 1 N–H and O–H groups in total. The molecule has 3 aliphatic carbocycles. The van der Waals surface area contributed by atoms with Gasteiger partial charge < -0.3 is 5.11 Å². The molecule has 0 heterocycles. The van der Waals surface area contributed by atoms with Crippen LogP contribution in [0.2, 0.25) is 0 Å². The fraction of sp³-hybridized carbons (Fsp3) is 1.00. The van der Waals surface area contributed by atoms with Crippen molar-refractivity contribution in [3.05, 3.63) is 0 Å². The van der Waals surface area contributed by atoms with Crippen LogP contribution in [-0.2, 0) is 0 Å². The van der Waals surface area contributed by atoms with Crippen molar-refractivity contribution < 1.29 is 5.11 Å². The van der Waals surface area contributed by atoms with Crippen LogP contribution in [0.5, 0.6) is 0 Å². The molecule has 0 aromatic rings. The standard InChI is InChI=1S/C12H20O/c1-11-6-5-10(13)12(11,2)9-4-3-8(11)7-9/h8-10,13H,3-7H2,1-2H3/t8-,9+,10-,11+,12+/m0/s1. The monoisotopic (exact) mass is 180 g/mol. The first-order valence-electron chi connectivity index (χ1n) is 5.77. The van der Waals surface area contributed by atoms with Gasteiger partial charge in [0.15, 0.2) is 0 Å². The van der Waals surface area contributed by atoms with Gasteiger partial charge in [0.1, 0.15) is 0 Å². The van der Waals surface area contributed by atoms with Crippen LogP contribution in [0.3, 0.4) is 0 Å². The number of aliphatic hydroxyl groups is 1. The van der Waals surface area contributed by atoms with Crippen LogP contribution in [0.1, 0.15) is 46.0 Å². The third-order valence-corrected chi connectivity index (χ3v) is 6.04. The van der Waals surface area contributed by atoms with E-state index in [0.29, 0.717) is 5.41 Å². The van der Waals surface area contributed by atoms with Gasteiger partial charge in [-0.1, -0.05) is 13.8 Å². The predicted molar refractivity (Wildman–Crippen MR) is 52.3 cm³/mol. The normalized spacial score (nSPS) is 64.4. The molecule has 74 valence electrons. The first-order chi connectivity index (χ1) is 6.09. The summed E-state index contributed by atoms with van der Waals surface area (Å²) < 4.78 is 0. The second kappa shape index (κ2) is 2.13. The smallest absolute Gasteiger partial charge is 0.0602 e. The van der Waals surface area contributed by atoms with E-state index in [9.17, 15) is 5.11 Å².